The van der Waals surface area contributed by atoms with Crippen LogP contribution in [0.4, 0.5) is 5.69 Å². The maximum Gasteiger partial charge on any atom is 0.279 e. The Hall–Kier alpha value is -1.36. The number of hydrogen-bond acceptors (Lipinski definition) is 2. The van der Waals surface area contributed by atoms with Crippen LogP contribution in [0.3, 0.4) is 0 Å². The lowest BCUT2D eigenvalue weighted by Gasteiger charge is -2.20. The average Bonchev–Trinajstić information content (AvgIpc) is 3.13. The van der Waals surface area contributed by atoms with Crippen LogP contribution >= 0.6 is 22.9 Å². The van der Waals surface area contributed by atoms with E-state index in [-0.39, 0.29) is 5.91 Å². The summed E-state index contributed by atoms with van der Waals surface area (Å²) in [6.07, 6.45) is 2.35. The van der Waals surface area contributed by atoms with Gasteiger partial charge in [-0.05, 0) is 36.1 Å². The highest BCUT2D eigenvalue weighted by molar-refractivity contribution is 7.10. The topological polar surface area (TPSA) is 33.5 Å². The van der Waals surface area contributed by atoms with Gasteiger partial charge in [-0.25, -0.2) is 0 Å². The summed E-state index contributed by atoms with van der Waals surface area (Å²) < 4.78 is 0. The van der Waals surface area contributed by atoms with Crippen molar-refractivity contribution in [3.05, 3.63) is 51.2 Å². The van der Waals surface area contributed by atoms with Gasteiger partial charge in [-0.3, -0.25) is 4.79 Å². The van der Waals surface area contributed by atoms with E-state index in [2.05, 4.69) is 22.8 Å². The third-order valence-corrected chi connectivity index (χ3v) is 5.45. The van der Waals surface area contributed by atoms with Gasteiger partial charge < -0.3 is 10.2 Å². The fourth-order valence-electron chi connectivity index (χ4n) is 3.09. The summed E-state index contributed by atoms with van der Waals surface area (Å²) in [4.78, 5) is 15.1. The van der Waals surface area contributed by atoms with E-state index in [1.54, 1.807) is 11.3 Å². The van der Waals surface area contributed by atoms with E-state index in [1.807, 2.05) is 25.1 Å². The molecule has 1 unspecified atom stereocenters. The highest BCUT2D eigenvalue weighted by atomic mass is 35.5. The number of amides is 1. The Morgan fingerprint density at radius 2 is 2.32 bits per heavy atom. The molecule has 0 spiro atoms. The highest BCUT2D eigenvalue weighted by Gasteiger charge is 2.32. The standard InChI is InChI=1S/C17H19ClN2OS/c1-12-6-7-13(18)10-14(12)19-17(21)11-20-8-2-4-15(20)16-5-3-9-22-16/h3,5-7,9-10,15H,2,4,8,11H2,1H3,(H,19,21)/p+1/t15-/m0/s1. The van der Waals surface area contributed by atoms with E-state index < -0.39 is 0 Å². The van der Waals surface area contributed by atoms with Gasteiger partial charge in [0.2, 0.25) is 0 Å². The second-order valence-electron chi connectivity index (χ2n) is 5.80. The lowest BCUT2D eigenvalue weighted by atomic mass is 10.2. The number of carbonyl (C=O) groups excluding carboxylic acids is 1. The molecule has 116 valence electrons. The largest absolute Gasteiger partial charge is 0.321 e. The molecule has 0 aliphatic carbocycles. The number of quaternary nitrogens is 1. The van der Waals surface area contributed by atoms with Crippen molar-refractivity contribution in [2.45, 2.75) is 25.8 Å². The molecule has 0 radical (unpaired) electrons. The maximum atomic E-state index is 12.4. The predicted octanol–water partition coefficient (Wildman–Crippen LogP) is 3.07. The van der Waals surface area contributed by atoms with Crippen LogP contribution in [-0.2, 0) is 4.79 Å². The van der Waals surface area contributed by atoms with Gasteiger partial charge in [0.05, 0.1) is 11.4 Å². The van der Waals surface area contributed by atoms with Gasteiger partial charge in [0, 0.05) is 23.6 Å². The Kier molecular flexibility index (Phi) is 4.81. The molecule has 2 heterocycles. The number of halogens is 1. The van der Waals surface area contributed by atoms with Gasteiger partial charge in [0.1, 0.15) is 6.04 Å². The van der Waals surface area contributed by atoms with Crippen molar-refractivity contribution < 1.29 is 9.69 Å². The minimum atomic E-state index is 0.0591. The van der Waals surface area contributed by atoms with E-state index in [4.69, 9.17) is 11.6 Å². The lowest BCUT2D eigenvalue weighted by Crippen LogP contribution is -3.11. The van der Waals surface area contributed by atoms with Crippen molar-refractivity contribution in [1.29, 1.82) is 0 Å². The normalized spacial score (nSPS) is 21.0. The number of nitrogens with one attached hydrogen (secondary N) is 2. The number of likely N-dealkylation sites (tertiary alicyclic amines) is 1. The minimum absolute atomic E-state index is 0.0591. The van der Waals surface area contributed by atoms with E-state index in [1.165, 1.54) is 22.6 Å². The van der Waals surface area contributed by atoms with Crippen LogP contribution in [0.5, 0.6) is 0 Å². The number of carbonyl (C=O) groups is 1. The smallest absolute Gasteiger partial charge is 0.279 e. The van der Waals surface area contributed by atoms with Gasteiger partial charge in [-0.2, -0.15) is 0 Å². The van der Waals surface area contributed by atoms with Gasteiger partial charge >= 0.3 is 0 Å². The molecule has 3 rings (SSSR count). The molecular weight excluding hydrogens is 316 g/mol. The third-order valence-electron chi connectivity index (χ3n) is 4.23. The van der Waals surface area contributed by atoms with Gasteiger partial charge in [-0.15, -0.1) is 11.3 Å². The molecule has 2 aromatic rings. The van der Waals surface area contributed by atoms with Crippen LogP contribution in [0.2, 0.25) is 5.02 Å². The van der Waals surface area contributed by atoms with E-state index in [0.717, 1.165) is 17.8 Å². The summed E-state index contributed by atoms with van der Waals surface area (Å²) in [5, 5.41) is 5.76. The molecule has 0 saturated carbocycles. The Morgan fingerprint density at radius 3 is 3.09 bits per heavy atom. The van der Waals surface area contributed by atoms with E-state index in [9.17, 15) is 4.79 Å². The molecule has 1 saturated heterocycles. The van der Waals surface area contributed by atoms with Crippen LogP contribution in [-0.4, -0.2) is 19.0 Å². The number of anilines is 1. The average molecular weight is 336 g/mol. The highest BCUT2D eigenvalue weighted by Crippen LogP contribution is 2.23. The fourth-order valence-corrected chi connectivity index (χ4v) is 4.18. The fraction of sp³-hybridized carbons (Fsp3) is 0.353. The van der Waals surface area contributed by atoms with Gasteiger partial charge in [0.25, 0.3) is 5.91 Å². The Labute approximate surface area is 139 Å². The molecular formula is C17H20ClN2OS+. The first-order valence-electron chi connectivity index (χ1n) is 7.57. The molecule has 1 aromatic carbocycles. The predicted molar refractivity (Wildman–Crippen MR) is 91.8 cm³/mol. The molecule has 1 aromatic heterocycles. The van der Waals surface area contributed by atoms with Crippen molar-refractivity contribution in [1.82, 2.24) is 0 Å². The monoisotopic (exact) mass is 335 g/mol. The van der Waals surface area contributed by atoms with Crippen molar-refractivity contribution in [3.63, 3.8) is 0 Å². The number of hydrogen-bond donors (Lipinski definition) is 2. The SMILES string of the molecule is Cc1ccc(Cl)cc1NC(=O)C[NH+]1CCC[C@H]1c1cccs1. The second kappa shape index (κ2) is 6.82. The summed E-state index contributed by atoms with van der Waals surface area (Å²) in [6, 6.07) is 10.3. The Morgan fingerprint density at radius 1 is 1.45 bits per heavy atom. The number of thiophene rings is 1. The molecule has 1 amide bonds. The van der Waals surface area contributed by atoms with E-state index in [0.29, 0.717) is 17.6 Å². The minimum Gasteiger partial charge on any atom is -0.321 e. The zero-order valence-electron chi connectivity index (χ0n) is 12.6. The zero-order valence-corrected chi connectivity index (χ0v) is 14.1. The van der Waals surface area contributed by atoms with Crippen LogP contribution < -0.4 is 10.2 Å². The molecule has 3 nitrogen and oxygen atoms in total. The van der Waals surface area contributed by atoms with Crippen LogP contribution in [0.25, 0.3) is 0 Å². The third kappa shape index (κ3) is 3.51. The summed E-state index contributed by atoms with van der Waals surface area (Å²) >= 11 is 7.80. The molecule has 0 bridgehead atoms. The molecule has 1 aliphatic heterocycles. The zero-order chi connectivity index (χ0) is 15.5. The molecule has 1 fully saturated rings. The molecule has 5 heteroatoms. The van der Waals surface area contributed by atoms with Crippen LogP contribution in [0, 0.1) is 6.92 Å². The Balaban J connectivity index is 1.65. The summed E-state index contributed by atoms with van der Waals surface area (Å²) in [5.41, 5.74) is 1.84. The first-order chi connectivity index (χ1) is 10.6. The summed E-state index contributed by atoms with van der Waals surface area (Å²) in [5.74, 6) is 0.0591. The first-order valence-corrected chi connectivity index (χ1v) is 8.83. The van der Waals surface area contributed by atoms with Crippen LogP contribution in [0.15, 0.2) is 35.7 Å². The summed E-state index contributed by atoms with van der Waals surface area (Å²) in [7, 11) is 0. The first kappa shape index (κ1) is 15.5. The summed E-state index contributed by atoms with van der Waals surface area (Å²) in [6.45, 7) is 3.54. The van der Waals surface area contributed by atoms with Crippen molar-refractivity contribution in [2.24, 2.45) is 0 Å². The second-order valence-corrected chi connectivity index (χ2v) is 7.22. The van der Waals surface area contributed by atoms with Crippen molar-refractivity contribution >= 4 is 34.5 Å². The molecule has 22 heavy (non-hydrogen) atoms. The molecule has 2 atom stereocenters. The maximum absolute atomic E-state index is 12.4. The van der Waals surface area contributed by atoms with Gasteiger partial charge in [-0.1, -0.05) is 23.7 Å². The number of aryl methyl sites for hydroxylation is 1. The van der Waals surface area contributed by atoms with Crippen molar-refractivity contribution in [3.8, 4) is 0 Å². The number of benzene rings is 1. The number of rotatable bonds is 4. The van der Waals surface area contributed by atoms with Gasteiger partial charge in [0.15, 0.2) is 6.54 Å². The lowest BCUT2D eigenvalue weighted by molar-refractivity contribution is -0.910. The molecule has 2 N–H and O–H groups in total. The van der Waals surface area contributed by atoms with Crippen LogP contribution in [0.1, 0.15) is 29.3 Å². The molecule has 1 aliphatic rings. The Bertz CT molecular complexity index is 657. The quantitative estimate of drug-likeness (QED) is 0.884. The van der Waals surface area contributed by atoms with E-state index >= 15 is 0 Å². The van der Waals surface area contributed by atoms with Crippen molar-refractivity contribution in [2.75, 3.05) is 18.4 Å².